The maximum atomic E-state index is 12.3. The number of anilines is 1. The van der Waals surface area contributed by atoms with Crippen molar-refractivity contribution in [2.75, 3.05) is 11.9 Å². The molecule has 0 bridgehead atoms. The van der Waals surface area contributed by atoms with Gasteiger partial charge in [-0.2, -0.15) is 0 Å². The molecule has 0 spiro atoms. The number of aromatic nitrogens is 1. The van der Waals surface area contributed by atoms with Crippen molar-refractivity contribution in [2.45, 2.75) is 13.3 Å². The first-order valence-electron chi connectivity index (χ1n) is 9.09. The zero-order valence-electron chi connectivity index (χ0n) is 15.5. The lowest BCUT2D eigenvalue weighted by molar-refractivity contribution is -0.118. The average molecular weight is 372 g/mol. The van der Waals surface area contributed by atoms with Crippen molar-refractivity contribution in [3.05, 3.63) is 89.8 Å². The van der Waals surface area contributed by atoms with E-state index in [1.54, 1.807) is 25.1 Å². The predicted octanol–water partition coefficient (Wildman–Crippen LogP) is 4.74. The third-order valence-electron chi connectivity index (χ3n) is 4.35. The number of carbonyl (C=O) groups is 1. The molecule has 4 rings (SSSR count). The molecular weight excluding hydrogens is 352 g/mol. The van der Waals surface area contributed by atoms with Crippen LogP contribution < -0.4 is 10.1 Å². The van der Waals surface area contributed by atoms with E-state index in [9.17, 15) is 4.79 Å². The molecule has 0 unspecified atom stereocenters. The number of para-hydroxylation sites is 1. The first-order valence-corrected chi connectivity index (χ1v) is 9.09. The van der Waals surface area contributed by atoms with Crippen LogP contribution in [0.1, 0.15) is 17.0 Å². The first-order chi connectivity index (χ1) is 13.7. The first kappa shape index (κ1) is 17.8. The fourth-order valence-corrected chi connectivity index (χ4v) is 3.07. The highest BCUT2D eigenvalue weighted by Gasteiger charge is 2.09. The second-order valence-corrected chi connectivity index (χ2v) is 6.52. The van der Waals surface area contributed by atoms with Gasteiger partial charge >= 0.3 is 0 Å². The number of nitrogens with one attached hydrogen (secondary N) is 1. The minimum atomic E-state index is -0.228. The normalized spacial score (nSPS) is 10.8. The van der Waals surface area contributed by atoms with E-state index in [2.05, 4.69) is 22.4 Å². The number of amides is 1. The number of nitrogens with zero attached hydrogens (tertiary/aromatic N) is 1. The van der Waals surface area contributed by atoms with Gasteiger partial charge in [-0.25, -0.2) is 4.98 Å². The zero-order chi connectivity index (χ0) is 19.3. The van der Waals surface area contributed by atoms with Crippen LogP contribution in [-0.4, -0.2) is 17.5 Å². The number of fused-ring (bicyclic) bond motifs is 1. The number of hydrogen-bond donors (Lipinski definition) is 1. The van der Waals surface area contributed by atoms with E-state index < -0.39 is 0 Å². The molecule has 0 aliphatic heterocycles. The smallest absolute Gasteiger partial charge is 0.262 e. The molecule has 28 heavy (non-hydrogen) atoms. The van der Waals surface area contributed by atoms with Crippen molar-refractivity contribution in [1.29, 1.82) is 0 Å². The summed E-state index contributed by atoms with van der Waals surface area (Å²) in [5, 5.41) is 2.84. The Kier molecular flexibility index (Phi) is 5.06. The Hall–Kier alpha value is -3.60. The van der Waals surface area contributed by atoms with Gasteiger partial charge in [0.25, 0.3) is 5.91 Å². The monoisotopic (exact) mass is 372 g/mol. The van der Waals surface area contributed by atoms with Crippen molar-refractivity contribution in [3.63, 3.8) is 0 Å². The van der Waals surface area contributed by atoms with E-state index in [0.717, 1.165) is 12.0 Å². The van der Waals surface area contributed by atoms with Gasteiger partial charge < -0.3 is 14.5 Å². The number of benzene rings is 3. The standard InChI is InChI=1S/C23H20N2O3/c1-16-24-20-14-19(11-12-22(20)28-16)25-23(26)15-27-21-10-6-5-9-18(21)13-17-7-3-2-4-8-17/h2-12,14H,13,15H2,1H3,(H,25,26). The van der Waals surface area contributed by atoms with E-state index in [4.69, 9.17) is 9.15 Å². The Labute approximate surface area is 163 Å². The fraction of sp³-hybridized carbons (Fsp3) is 0.130. The summed E-state index contributed by atoms with van der Waals surface area (Å²) >= 11 is 0. The second kappa shape index (κ2) is 7.96. The van der Waals surface area contributed by atoms with Gasteiger partial charge in [-0.15, -0.1) is 0 Å². The molecule has 5 nitrogen and oxygen atoms in total. The molecule has 5 heteroatoms. The molecule has 1 N–H and O–H groups in total. The van der Waals surface area contributed by atoms with Crippen molar-refractivity contribution < 1.29 is 13.9 Å². The molecule has 3 aromatic carbocycles. The quantitative estimate of drug-likeness (QED) is 0.531. The van der Waals surface area contributed by atoms with Crippen molar-refractivity contribution in [3.8, 4) is 5.75 Å². The molecule has 0 atom stereocenters. The Morgan fingerprint density at radius 1 is 1.04 bits per heavy atom. The summed E-state index contributed by atoms with van der Waals surface area (Å²) in [7, 11) is 0. The SMILES string of the molecule is Cc1nc2cc(NC(=O)COc3ccccc3Cc3ccccc3)ccc2o1. The van der Waals surface area contributed by atoms with E-state index in [1.807, 2.05) is 42.5 Å². The summed E-state index contributed by atoms with van der Waals surface area (Å²) in [4.78, 5) is 16.6. The zero-order valence-corrected chi connectivity index (χ0v) is 15.5. The van der Waals surface area contributed by atoms with Crippen LogP contribution in [0, 0.1) is 6.92 Å². The molecule has 4 aromatic rings. The van der Waals surface area contributed by atoms with Crippen LogP contribution in [0.3, 0.4) is 0 Å². The molecule has 0 saturated heterocycles. The minimum Gasteiger partial charge on any atom is -0.483 e. The van der Waals surface area contributed by atoms with Gasteiger partial charge in [0.15, 0.2) is 18.1 Å². The summed E-state index contributed by atoms with van der Waals surface area (Å²) < 4.78 is 11.2. The fourth-order valence-electron chi connectivity index (χ4n) is 3.07. The number of rotatable bonds is 6. The molecule has 0 saturated carbocycles. The Morgan fingerprint density at radius 3 is 2.68 bits per heavy atom. The summed E-state index contributed by atoms with van der Waals surface area (Å²) in [5.74, 6) is 1.08. The number of carbonyl (C=O) groups excluding carboxylic acids is 1. The Morgan fingerprint density at radius 2 is 1.82 bits per heavy atom. The summed E-state index contributed by atoms with van der Waals surface area (Å²) in [6.45, 7) is 1.72. The lowest BCUT2D eigenvalue weighted by Crippen LogP contribution is -2.20. The molecular formula is C23H20N2O3. The van der Waals surface area contributed by atoms with Gasteiger partial charge in [0.05, 0.1) is 0 Å². The highest BCUT2D eigenvalue weighted by molar-refractivity contribution is 5.93. The highest BCUT2D eigenvalue weighted by atomic mass is 16.5. The molecule has 0 fully saturated rings. The van der Waals surface area contributed by atoms with Crippen LogP contribution >= 0.6 is 0 Å². The lowest BCUT2D eigenvalue weighted by Gasteiger charge is -2.12. The average Bonchev–Trinajstić information content (AvgIpc) is 3.07. The van der Waals surface area contributed by atoms with Gasteiger partial charge in [-0.3, -0.25) is 4.79 Å². The van der Waals surface area contributed by atoms with Gasteiger partial charge in [-0.1, -0.05) is 48.5 Å². The number of oxazole rings is 1. The minimum absolute atomic E-state index is 0.0678. The molecule has 140 valence electrons. The summed E-state index contributed by atoms with van der Waals surface area (Å²) in [6, 6.07) is 23.3. The Balaban J connectivity index is 1.40. The van der Waals surface area contributed by atoms with Crippen LogP contribution in [0.4, 0.5) is 5.69 Å². The van der Waals surface area contributed by atoms with Crippen LogP contribution in [0.15, 0.2) is 77.2 Å². The second-order valence-electron chi connectivity index (χ2n) is 6.52. The predicted molar refractivity (Wildman–Crippen MR) is 109 cm³/mol. The maximum Gasteiger partial charge on any atom is 0.262 e. The van der Waals surface area contributed by atoms with Crippen LogP contribution in [0.2, 0.25) is 0 Å². The Bertz CT molecular complexity index is 1100. The van der Waals surface area contributed by atoms with Gasteiger partial charge in [0, 0.05) is 19.0 Å². The lowest BCUT2D eigenvalue weighted by atomic mass is 10.0. The van der Waals surface area contributed by atoms with E-state index >= 15 is 0 Å². The van der Waals surface area contributed by atoms with Crippen LogP contribution in [0.5, 0.6) is 5.75 Å². The van der Waals surface area contributed by atoms with Gasteiger partial charge in [0.2, 0.25) is 0 Å². The van der Waals surface area contributed by atoms with Crippen molar-refractivity contribution in [1.82, 2.24) is 4.98 Å². The van der Waals surface area contributed by atoms with E-state index in [-0.39, 0.29) is 12.5 Å². The molecule has 0 radical (unpaired) electrons. The molecule has 1 amide bonds. The van der Waals surface area contributed by atoms with E-state index in [1.165, 1.54) is 5.56 Å². The summed E-state index contributed by atoms with van der Waals surface area (Å²) in [5.41, 5.74) is 4.30. The molecule has 0 aliphatic rings. The third kappa shape index (κ3) is 4.20. The summed E-state index contributed by atoms with van der Waals surface area (Å²) in [6.07, 6.45) is 0.751. The van der Waals surface area contributed by atoms with Crippen LogP contribution in [-0.2, 0) is 11.2 Å². The number of hydrogen-bond acceptors (Lipinski definition) is 4. The van der Waals surface area contributed by atoms with Gasteiger partial charge in [-0.05, 0) is 35.4 Å². The maximum absolute atomic E-state index is 12.3. The highest BCUT2D eigenvalue weighted by Crippen LogP contribution is 2.22. The number of aryl methyl sites for hydroxylation is 1. The van der Waals surface area contributed by atoms with E-state index in [0.29, 0.717) is 28.4 Å². The number of ether oxygens (including phenoxy) is 1. The molecule has 1 heterocycles. The third-order valence-corrected chi connectivity index (χ3v) is 4.35. The van der Waals surface area contributed by atoms with Gasteiger partial charge in [0.1, 0.15) is 11.3 Å². The van der Waals surface area contributed by atoms with Crippen molar-refractivity contribution in [2.24, 2.45) is 0 Å². The molecule has 1 aromatic heterocycles. The van der Waals surface area contributed by atoms with Crippen molar-refractivity contribution >= 4 is 22.7 Å². The van der Waals surface area contributed by atoms with Crippen LogP contribution in [0.25, 0.3) is 11.1 Å². The molecule has 0 aliphatic carbocycles. The topological polar surface area (TPSA) is 64.4 Å². The largest absolute Gasteiger partial charge is 0.483 e.